The number of benzene rings is 3. The summed E-state index contributed by atoms with van der Waals surface area (Å²) in [6, 6.07) is 10.6. The van der Waals surface area contributed by atoms with E-state index in [2.05, 4.69) is 0 Å². The molecule has 0 saturated heterocycles. The number of ether oxygens (including phenoxy) is 3. The van der Waals surface area contributed by atoms with Gasteiger partial charge < -0.3 is 25.1 Å². The highest BCUT2D eigenvalue weighted by Crippen LogP contribution is 2.39. The zero-order valence-electron chi connectivity index (χ0n) is 19.6. The van der Waals surface area contributed by atoms with E-state index in [9.17, 15) is 27.1 Å². The van der Waals surface area contributed by atoms with Gasteiger partial charge in [-0.2, -0.15) is 0 Å². The average Bonchev–Trinajstić information content (AvgIpc) is 2.86. The molecule has 0 fully saturated rings. The molecule has 3 N–H and O–H groups in total. The number of carbonyl (C=O) groups excluding carboxylic acids is 1. The highest BCUT2D eigenvalue weighted by atomic mass is 32.2. The largest absolute Gasteiger partial charge is 0.497 e. The molecule has 0 spiro atoms. The molecular weight excluding hydrogens is 498 g/mol. The Bertz CT molecular complexity index is 1360. The first-order chi connectivity index (χ1) is 17.0. The quantitative estimate of drug-likeness (QED) is 0.419. The molecule has 192 valence electrons. The third-order valence-corrected chi connectivity index (χ3v) is 7.07. The van der Waals surface area contributed by atoms with E-state index >= 15 is 0 Å². The molecule has 3 aromatic carbocycles. The van der Waals surface area contributed by atoms with Crippen molar-refractivity contribution < 1.29 is 41.3 Å². The molecule has 1 atom stereocenters. The summed E-state index contributed by atoms with van der Waals surface area (Å²) in [5.41, 5.74) is 4.14. The van der Waals surface area contributed by atoms with E-state index in [-0.39, 0.29) is 33.4 Å². The van der Waals surface area contributed by atoms with Crippen LogP contribution in [0.4, 0.5) is 14.5 Å². The highest BCUT2D eigenvalue weighted by molar-refractivity contribution is 7.92. The number of amides is 1. The summed E-state index contributed by atoms with van der Waals surface area (Å²) in [7, 11) is -0.522. The summed E-state index contributed by atoms with van der Waals surface area (Å²) in [6.45, 7) is -0.845. The Kier molecular flexibility index (Phi) is 8.00. The molecule has 0 radical (unpaired) electrons. The van der Waals surface area contributed by atoms with Crippen LogP contribution in [0.3, 0.4) is 0 Å². The second-order valence-corrected chi connectivity index (χ2v) is 9.32. The number of rotatable bonds is 10. The number of halogens is 2. The van der Waals surface area contributed by atoms with Gasteiger partial charge in [-0.05, 0) is 42.5 Å². The Balaban J connectivity index is 2.26. The molecule has 0 aliphatic rings. The van der Waals surface area contributed by atoms with Gasteiger partial charge in [-0.25, -0.2) is 17.2 Å². The number of hydrogen-bond donors (Lipinski definition) is 2. The van der Waals surface area contributed by atoms with Crippen molar-refractivity contribution in [3.05, 3.63) is 77.4 Å². The van der Waals surface area contributed by atoms with Crippen LogP contribution >= 0.6 is 0 Å². The van der Waals surface area contributed by atoms with Crippen LogP contribution in [-0.2, 0) is 14.8 Å². The van der Waals surface area contributed by atoms with Gasteiger partial charge in [-0.15, -0.1) is 0 Å². The lowest BCUT2D eigenvalue weighted by atomic mass is 9.98. The van der Waals surface area contributed by atoms with E-state index in [1.807, 2.05) is 0 Å². The number of aliphatic hydroxyl groups is 1. The Hall–Kier alpha value is -3.90. The molecule has 0 aliphatic carbocycles. The smallest absolute Gasteiger partial charge is 0.264 e. The van der Waals surface area contributed by atoms with Gasteiger partial charge >= 0.3 is 0 Å². The summed E-state index contributed by atoms with van der Waals surface area (Å²) in [5, 5.41) is 11.0. The molecular formula is C24H24F2N2O7S. The minimum Gasteiger partial charge on any atom is -0.497 e. The SMILES string of the molecule is COc1ccc(N(CC(N)=O)S(=O)(=O)c2ccc(OC)c(OC)c2)c(C(O)c2c(F)cccc2F)c1. The van der Waals surface area contributed by atoms with Gasteiger partial charge in [0.25, 0.3) is 10.0 Å². The topological polar surface area (TPSA) is 128 Å². The van der Waals surface area contributed by atoms with E-state index in [0.29, 0.717) is 4.31 Å². The van der Waals surface area contributed by atoms with Crippen molar-refractivity contribution in [3.63, 3.8) is 0 Å². The first kappa shape index (κ1) is 26.7. The zero-order valence-corrected chi connectivity index (χ0v) is 20.4. The summed E-state index contributed by atoms with van der Waals surface area (Å²) in [5.74, 6) is -2.62. The third kappa shape index (κ3) is 5.19. The van der Waals surface area contributed by atoms with Crippen LogP contribution in [0.5, 0.6) is 17.2 Å². The van der Waals surface area contributed by atoms with Gasteiger partial charge in [-0.1, -0.05) is 6.07 Å². The number of primary amides is 1. The van der Waals surface area contributed by atoms with Crippen LogP contribution < -0.4 is 24.2 Å². The van der Waals surface area contributed by atoms with Crippen molar-refractivity contribution in [2.75, 3.05) is 32.2 Å². The number of nitrogens with zero attached hydrogens (tertiary/aromatic N) is 1. The summed E-state index contributed by atoms with van der Waals surface area (Å²) in [6.07, 6.45) is -1.97. The first-order valence-electron chi connectivity index (χ1n) is 10.4. The number of nitrogens with two attached hydrogens (primary N) is 1. The lowest BCUT2D eigenvalue weighted by Crippen LogP contribution is -2.39. The standard InChI is InChI=1S/C24H24F2N2O7S/c1-33-14-7-9-19(16(11-14)24(30)23-17(25)5-4-6-18(23)26)28(13-22(27)29)36(31,32)15-8-10-20(34-2)21(12-15)35-3/h4-12,24,30H,13H2,1-3H3,(H2,27,29). The minimum absolute atomic E-state index is 0.0982. The summed E-state index contributed by atoms with van der Waals surface area (Å²) < 4.78 is 72.5. The fourth-order valence-electron chi connectivity index (χ4n) is 3.58. The zero-order chi connectivity index (χ0) is 26.6. The number of methoxy groups -OCH3 is 3. The van der Waals surface area contributed by atoms with E-state index in [1.165, 1.54) is 57.7 Å². The van der Waals surface area contributed by atoms with E-state index in [0.717, 1.165) is 18.2 Å². The Morgan fingerprint density at radius 3 is 2.17 bits per heavy atom. The molecule has 9 nitrogen and oxygen atoms in total. The van der Waals surface area contributed by atoms with Crippen molar-refractivity contribution in [2.24, 2.45) is 5.73 Å². The average molecular weight is 523 g/mol. The highest BCUT2D eigenvalue weighted by Gasteiger charge is 2.32. The van der Waals surface area contributed by atoms with Crippen molar-refractivity contribution in [1.29, 1.82) is 0 Å². The van der Waals surface area contributed by atoms with E-state index in [4.69, 9.17) is 19.9 Å². The van der Waals surface area contributed by atoms with Gasteiger partial charge in [0.1, 0.15) is 30.0 Å². The molecule has 0 aliphatic heterocycles. The number of anilines is 1. The maximum atomic E-state index is 14.5. The lowest BCUT2D eigenvalue weighted by molar-refractivity contribution is -0.116. The maximum Gasteiger partial charge on any atom is 0.264 e. The molecule has 1 amide bonds. The molecule has 0 bridgehead atoms. The monoisotopic (exact) mass is 522 g/mol. The normalized spacial score (nSPS) is 12.1. The fraction of sp³-hybridized carbons (Fsp3) is 0.208. The molecule has 0 aromatic heterocycles. The number of aliphatic hydroxyl groups excluding tert-OH is 1. The van der Waals surface area contributed by atoms with Crippen LogP contribution in [0.2, 0.25) is 0 Å². The van der Waals surface area contributed by atoms with E-state index in [1.54, 1.807) is 0 Å². The predicted molar refractivity (Wildman–Crippen MR) is 127 cm³/mol. The Morgan fingerprint density at radius 2 is 1.61 bits per heavy atom. The Labute approximate surface area is 206 Å². The van der Waals surface area contributed by atoms with Gasteiger partial charge in [0, 0.05) is 11.6 Å². The minimum atomic E-state index is -4.53. The van der Waals surface area contributed by atoms with Gasteiger partial charge in [0.05, 0.1) is 37.5 Å². The molecule has 12 heteroatoms. The number of hydrogen-bond acceptors (Lipinski definition) is 7. The predicted octanol–water partition coefficient (Wildman–Crippen LogP) is 2.75. The second kappa shape index (κ2) is 10.8. The second-order valence-electron chi connectivity index (χ2n) is 7.46. The fourth-order valence-corrected chi connectivity index (χ4v) is 5.05. The Morgan fingerprint density at radius 1 is 0.972 bits per heavy atom. The van der Waals surface area contributed by atoms with Gasteiger partial charge in [0.15, 0.2) is 11.5 Å². The van der Waals surface area contributed by atoms with E-state index < -0.39 is 45.8 Å². The number of carbonyl (C=O) groups is 1. The van der Waals surface area contributed by atoms with Gasteiger partial charge in [0.2, 0.25) is 5.91 Å². The molecule has 36 heavy (non-hydrogen) atoms. The van der Waals surface area contributed by atoms with Crippen LogP contribution in [0.1, 0.15) is 17.2 Å². The van der Waals surface area contributed by atoms with Crippen molar-refractivity contribution in [2.45, 2.75) is 11.0 Å². The third-order valence-electron chi connectivity index (χ3n) is 5.31. The molecule has 1 unspecified atom stereocenters. The van der Waals surface area contributed by atoms with Crippen LogP contribution in [-0.4, -0.2) is 47.3 Å². The molecule has 3 rings (SSSR count). The lowest BCUT2D eigenvalue weighted by Gasteiger charge is -2.28. The number of sulfonamides is 1. The summed E-state index contributed by atoms with van der Waals surface area (Å²) >= 11 is 0. The van der Waals surface area contributed by atoms with Crippen molar-refractivity contribution in [3.8, 4) is 17.2 Å². The van der Waals surface area contributed by atoms with Crippen LogP contribution in [0, 0.1) is 11.6 Å². The van der Waals surface area contributed by atoms with Crippen molar-refractivity contribution in [1.82, 2.24) is 0 Å². The van der Waals surface area contributed by atoms with Crippen molar-refractivity contribution >= 4 is 21.6 Å². The maximum absolute atomic E-state index is 14.5. The summed E-state index contributed by atoms with van der Waals surface area (Å²) in [4.78, 5) is 11.6. The van der Waals surface area contributed by atoms with Gasteiger partial charge in [-0.3, -0.25) is 9.10 Å². The van der Waals surface area contributed by atoms with Crippen LogP contribution in [0.15, 0.2) is 59.5 Å². The first-order valence-corrected chi connectivity index (χ1v) is 11.8. The molecule has 0 saturated carbocycles. The molecule has 0 heterocycles. The molecule has 3 aromatic rings. The van der Waals surface area contributed by atoms with Crippen LogP contribution in [0.25, 0.3) is 0 Å².